The fraction of sp³-hybridized carbons (Fsp3) is 0.150. The Balaban J connectivity index is 1.83. The van der Waals surface area contributed by atoms with E-state index in [-0.39, 0.29) is 6.42 Å². The van der Waals surface area contributed by atoms with Crippen molar-refractivity contribution in [3.05, 3.63) is 75.4 Å². The van der Waals surface area contributed by atoms with Gasteiger partial charge in [-0.3, -0.25) is 9.78 Å². The number of halogens is 2. The minimum atomic E-state index is -0.858. The van der Waals surface area contributed by atoms with Crippen molar-refractivity contribution in [1.82, 2.24) is 10.3 Å². The fourth-order valence-electron chi connectivity index (χ4n) is 2.69. The summed E-state index contributed by atoms with van der Waals surface area (Å²) in [6.45, 7) is 0. The average Bonchev–Trinajstić information content (AvgIpc) is 2.69. The number of methoxy groups -OCH3 is 1. The van der Waals surface area contributed by atoms with E-state index in [1.54, 1.807) is 24.3 Å². The van der Waals surface area contributed by atoms with Crippen LogP contribution in [0.25, 0.3) is 10.9 Å². The number of aromatic nitrogens is 1. The second-order valence-corrected chi connectivity index (χ2v) is 7.20. The van der Waals surface area contributed by atoms with Crippen LogP contribution in [0.4, 0.5) is 0 Å². The highest BCUT2D eigenvalue weighted by Crippen LogP contribution is 2.23. The molecule has 0 bridgehead atoms. The summed E-state index contributed by atoms with van der Waals surface area (Å²) in [6.07, 6.45) is 1.72. The second kappa shape index (κ2) is 8.50. The van der Waals surface area contributed by atoms with Crippen molar-refractivity contribution < 1.29 is 14.3 Å². The first-order chi connectivity index (χ1) is 13.0. The Morgan fingerprint density at radius 1 is 1.22 bits per heavy atom. The number of nitrogens with one attached hydrogen (secondary N) is 1. The third-order valence-electron chi connectivity index (χ3n) is 4.08. The molecule has 0 saturated heterocycles. The third kappa shape index (κ3) is 4.64. The molecule has 1 heterocycles. The SMILES string of the molecule is COC(=O)[C@@H](Cc1cc(Cl)ccc1Br)NC(=O)c1cnc2ccccc2c1. The van der Waals surface area contributed by atoms with Gasteiger partial charge < -0.3 is 10.1 Å². The average molecular weight is 448 g/mol. The molecule has 0 aliphatic heterocycles. The van der Waals surface area contributed by atoms with Crippen molar-refractivity contribution in [2.75, 3.05) is 7.11 Å². The minimum absolute atomic E-state index is 0.237. The number of fused-ring (bicyclic) bond motifs is 1. The van der Waals surface area contributed by atoms with Crippen LogP contribution in [0.5, 0.6) is 0 Å². The summed E-state index contributed by atoms with van der Waals surface area (Å²) >= 11 is 9.47. The summed E-state index contributed by atoms with van der Waals surface area (Å²) in [6, 6.07) is 13.6. The zero-order chi connectivity index (χ0) is 19.4. The van der Waals surface area contributed by atoms with Crippen LogP contribution in [0.15, 0.2) is 59.2 Å². The van der Waals surface area contributed by atoms with E-state index in [0.717, 1.165) is 20.9 Å². The highest BCUT2D eigenvalue weighted by molar-refractivity contribution is 9.10. The molecule has 1 aromatic heterocycles. The van der Waals surface area contributed by atoms with Crippen molar-refractivity contribution in [2.45, 2.75) is 12.5 Å². The van der Waals surface area contributed by atoms with Crippen LogP contribution < -0.4 is 5.32 Å². The molecule has 1 atom stereocenters. The number of benzene rings is 2. The molecule has 0 fully saturated rings. The van der Waals surface area contributed by atoms with E-state index < -0.39 is 17.9 Å². The first kappa shape index (κ1) is 19.3. The third-order valence-corrected chi connectivity index (χ3v) is 5.08. The van der Waals surface area contributed by atoms with Gasteiger partial charge in [-0.05, 0) is 35.9 Å². The lowest BCUT2D eigenvalue weighted by molar-refractivity contribution is -0.142. The van der Waals surface area contributed by atoms with Crippen LogP contribution in [0.1, 0.15) is 15.9 Å². The molecule has 0 aliphatic carbocycles. The van der Waals surface area contributed by atoms with Gasteiger partial charge >= 0.3 is 5.97 Å². The van der Waals surface area contributed by atoms with E-state index in [2.05, 4.69) is 26.2 Å². The molecule has 0 saturated carbocycles. The number of ether oxygens (including phenoxy) is 1. The number of hydrogen-bond acceptors (Lipinski definition) is 4. The maximum Gasteiger partial charge on any atom is 0.328 e. The van der Waals surface area contributed by atoms with Gasteiger partial charge in [-0.1, -0.05) is 45.7 Å². The van der Waals surface area contributed by atoms with Gasteiger partial charge in [-0.25, -0.2) is 4.79 Å². The number of amides is 1. The van der Waals surface area contributed by atoms with E-state index in [1.165, 1.54) is 13.3 Å². The van der Waals surface area contributed by atoms with Crippen LogP contribution in [-0.4, -0.2) is 30.0 Å². The molecular formula is C20H16BrClN2O3. The summed E-state index contributed by atoms with van der Waals surface area (Å²) in [5.74, 6) is -0.939. The molecule has 0 radical (unpaired) electrons. The predicted molar refractivity (Wildman–Crippen MR) is 108 cm³/mol. The van der Waals surface area contributed by atoms with E-state index >= 15 is 0 Å². The maximum atomic E-state index is 12.7. The molecule has 27 heavy (non-hydrogen) atoms. The quantitative estimate of drug-likeness (QED) is 0.596. The van der Waals surface area contributed by atoms with Gasteiger partial charge in [0.15, 0.2) is 0 Å². The highest BCUT2D eigenvalue weighted by atomic mass is 79.9. The standard InChI is InChI=1S/C20H16BrClN2O3/c1-27-20(26)18(10-13-9-15(22)6-7-16(13)21)24-19(25)14-8-12-4-2-3-5-17(12)23-11-14/h2-9,11,18H,10H2,1H3,(H,24,25)/t18-/m1/s1. The van der Waals surface area contributed by atoms with Gasteiger partial charge in [0.1, 0.15) is 6.04 Å². The second-order valence-electron chi connectivity index (χ2n) is 5.91. The van der Waals surface area contributed by atoms with Gasteiger partial charge in [-0.2, -0.15) is 0 Å². The number of carbonyl (C=O) groups excluding carboxylic acids is 2. The summed E-state index contributed by atoms with van der Waals surface area (Å²) in [7, 11) is 1.28. The molecule has 3 aromatic rings. The summed E-state index contributed by atoms with van der Waals surface area (Å²) in [4.78, 5) is 29.1. The molecule has 5 nitrogen and oxygen atoms in total. The van der Waals surface area contributed by atoms with E-state index in [1.807, 2.05) is 24.3 Å². The molecule has 0 unspecified atom stereocenters. The number of hydrogen-bond donors (Lipinski definition) is 1. The Labute approximate surface area is 169 Å². The Morgan fingerprint density at radius 3 is 2.78 bits per heavy atom. The van der Waals surface area contributed by atoms with E-state index in [9.17, 15) is 9.59 Å². The van der Waals surface area contributed by atoms with Gasteiger partial charge in [0, 0.05) is 27.5 Å². The van der Waals surface area contributed by atoms with Gasteiger partial charge in [-0.15, -0.1) is 0 Å². The lowest BCUT2D eigenvalue weighted by Crippen LogP contribution is -2.43. The highest BCUT2D eigenvalue weighted by Gasteiger charge is 2.24. The number of nitrogens with zero attached hydrogens (tertiary/aromatic N) is 1. The Hall–Kier alpha value is -2.44. The normalized spacial score (nSPS) is 11.8. The Bertz CT molecular complexity index is 1010. The van der Waals surface area contributed by atoms with Crippen LogP contribution in [0.3, 0.4) is 0 Å². The molecule has 1 N–H and O–H groups in total. The van der Waals surface area contributed by atoms with Crippen LogP contribution in [-0.2, 0) is 16.0 Å². The molecule has 0 aliphatic rings. The molecular weight excluding hydrogens is 432 g/mol. The largest absolute Gasteiger partial charge is 0.467 e. The number of rotatable bonds is 5. The smallest absolute Gasteiger partial charge is 0.328 e. The van der Waals surface area contributed by atoms with Crippen LogP contribution in [0, 0.1) is 0 Å². The van der Waals surface area contributed by atoms with Crippen molar-refractivity contribution in [2.24, 2.45) is 0 Å². The van der Waals surface area contributed by atoms with E-state index in [0.29, 0.717) is 10.6 Å². The van der Waals surface area contributed by atoms with Crippen molar-refractivity contribution in [3.63, 3.8) is 0 Å². The molecule has 0 spiro atoms. The van der Waals surface area contributed by atoms with E-state index in [4.69, 9.17) is 16.3 Å². The summed E-state index contributed by atoms with van der Waals surface area (Å²) in [5, 5.41) is 4.11. The fourth-order valence-corrected chi connectivity index (χ4v) is 3.30. The number of pyridine rings is 1. The first-order valence-electron chi connectivity index (χ1n) is 8.15. The van der Waals surface area contributed by atoms with Crippen molar-refractivity contribution >= 4 is 50.3 Å². The number of esters is 1. The van der Waals surface area contributed by atoms with Gasteiger partial charge in [0.05, 0.1) is 18.2 Å². The van der Waals surface area contributed by atoms with Crippen LogP contribution in [0.2, 0.25) is 5.02 Å². The van der Waals surface area contributed by atoms with Gasteiger partial charge in [0.2, 0.25) is 0 Å². The molecule has 7 heteroatoms. The van der Waals surface area contributed by atoms with Crippen LogP contribution >= 0.6 is 27.5 Å². The zero-order valence-corrected chi connectivity index (χ0v) is 16.8. The molecule has 2 aromatic carbocycles. The molecule has 138 valence electrons. The summed E-state index contributed by atoms with van der Waals surface area (Å²) < 4.78 is 5.64. The van der Waals surface area contributed by atoms with Crippen molar-refractivity contribution in [3.8, 4) is 0 Å². The molecule has 3 rings (SSSR count). The lowest BCUT2D eigenvalue weighted by Gasteiger charge is -2.17. The number of carbonyl (C=O) groups is 2. The Kier molecular flexibility index (Phi) is 6.08. The minimum Gasteiger partial charge on any atom is -0.467 e. The summed E-state index contributed by atoms with van der Waals surface area (Å²) in [5.41, 5.74) is 1.95. The van der Waals surface area contributed by atoms with Crippen molar-refractivity contribution in [1.29, 1.82) is 0 Å². The monoisotopic (exact) mass is 446 g/mol. The molecule has 1 amide bonds. The lowest BCUT2D eigenvalue weighted by atomic mass is 10.1. The van der Waals surface area contributed by atoms with Gasteiger partial charge in [0.25, 0.3) is 5.91 Å². The first-order valence-corrected chi connectivity index (χ1v) is 9.32. The number of para-hydroxylation sites is 1. The Morgan fingerprint density at radius 2 is 2.00 bits per heavy atom. The zero-order valence-electron chi connectivity index (χ0n) is 14.4. The maximum absolute atomic E-state index is 12.7. The topological polar surface area (TPSA) is 68.3 Å². The predicted octanol–water partition coefficient (Wildman–Crippen LogP) is 4.16.